The average molecular weight is 223 g/mol. The van der Waals surface area contributed by atoms with Crippen LogP contribution >= 0.6 is 0 Å². The topological polar surface area (TPSA) is 41.3 Å². The van der Waals surface area contributed by atoms with Crippen LogP contribution in [0.2, 0.25) is 0 Å². The smallest absolute Gasteiger partial charge is 0.0207 e. The number of hydrogen-bond donors (Lipinski definition) is 2. The standard InChI is InChI=1S/C13H25N3/c14-13-3-1-2-10(13)8-15-11-6-7-16(9-11)12-4-5-12/h10-13,15H,1-9,14H2. The molecule has 0 bridgehead atoms. The summed E-state index contributed by atoms with van der Waals surface area (Å²) < 4.78 is 0. The van der Waals surface area contributed by atoms with Crippen LogP contribution < -0.4 is 11.1 Å². The van der Waals surface area contributed by atoms with Gasteiger partial charge in [0, 0.05) is 31.2 Å². The average Bonchev–Trinajstić information content (AvgIpc) is 2.89. The predicted octanol–water partition coefficient (Wildman–Crippen LogP) is 0.940. The first kappa shape index (κ1) is 11.0. The minimum atomic E-state index is 0.466. The summed E-state index contributed by atoms with van der Waals surface area (Å²) in [7, 11) is 0. The molecule has 0 aromatic heterocycles. The molecule has 3 nitrogen and oxygen atoms in total. The molecule has 1 saturated heterocycles. The number of likely N-dealkylation sites (tertiary alicyclic amines) is 1. The first-order valence-corrected chi connectivity index (χ1v) is 7.06. The second-order valence-corrected chi connectivity index (χ2v) is 5.97. The van der Waals surface area contributed by atoms with Crippen molar-refractivity contribution in [2.45, 2.75) is 56.7 Å². The molecule has 0 aromatic rings. The molecule has 0 spiro atoms. The molecule has 3 fully saturated rings. The fourth-order valence-electron chi connectivity index (χ4n) is 3.36. The zero-order valence-corrected chi connectivity index (χ0v) is 10.2. The van der Waals surface area contributed by atoms with Crippen molar-refractivity contribution in [1.29, 1.82) is 0 Å². The minimum absolute atomic E-state index is 0.466. The molecule has 0 radical (unpaired) electrons. The van der Waals surface area contributed by atoms with Gasteiger partial charge in [-0.1, -0.05) is 6.42 Å². The van der Waals surface area contributed by atoms with Crippen molar-refractivity contribution < 1.29 is 0 Å². The molecule has 92 valence electrons. The van der Waals surface area contributed by atoms with Gasteiger partial charge in [-0.2, -0.15) is 0 Å². The molecule has 0 amide bonds. The molecule has 3 atom stereocenters. The lowest BCUT2D eigenvalue weighted by Crippen LogP contribution is -2.39. The van der Waals surface area contributed by atoms with Crippen molar-refractivity contribution >= 4 is 0 Å². The Morgan fingerprint density at radius 1 is 1.12 bits per heavy atom. The summed E-state index contributed by atoms with van der Waals surface area (Å²) in [5.41, 5.74) is 6.10. The van der Waals surface area contributed by atoms with Gasteiger partial charge in [-0.15, -0.1) is 0 Å². The lowest BCUT2D eigenvalue weighted by molar-refractivity contribution is 0.313. The molecule has 0 aromatic carbocycles. The maximum Gasteiger partial charge on any atom is 0.0207 e. The molecule has 2 aliphatic carbocycles. The van der Waals surface area contributed by atoms with E-state index < -0.39 is 0 Å². The molecule has 3 rings (SSSR count). The number of rotatable bonds is 4. The van der Waals surface area contributed by atoms with E-state index in [9.17, 15) is 0 Å². The van der Waals surface area contributed by atoms with Gasteiger partial charge in [-0.05, 0) is 44.6 Å². The van der Waals surface area contributed by atoms with Crippen LogP contribution in [0.5, 0.6) is 0 Å². The molecule has 3 unspecified atom stereocenters. The van der Waals surface area contributed by atoms with Crippen LogP contribution in [-0.4, -0.2) is 42.7 Å². The Labute approximate surface area is 98.8 Å². The zero-order valence-electron chi connectivity index (χ0n) is 10.2. The fourth-order valence-corrected chi connectivity index (χ4v) is 3.36. The van der Waals surface area contributed by atoms with Crippen molar-refractivity contribution in [3.63, 3.8) is 0 Å². The van der Waals surface area contributed by atoms with Gasteiger partial charge in [0.1, 0.15) is 0 Å². The van der Waals surface area contributed by atoms with E-state index in [0.717, 1.165) is 24.5 Å². The van der Waals surface area contributed by atoms with Gasteiger partial charge in [0.2, 0.25) is 0 Å². The van der Waals surface area contributed by atoms with Gasteiger partial charge in [0.15, 0.2) is 0 Å². The van der Waals surface area contributed by atoms with Crippen LogP contribution in [0.1, 0.15) is 38.5 Å². The number of nitrogens with one attached hydrogen (secondary N) is 1. The third-order valence-corrected chi connectivity index (χ3v) is 4.67. The molecule has 1 heterocycles. The van der Waals surface area contributed by atoms with Crippen LogP contribution in [0.25, 0.3) is 0 Å². The lowest BCUT2D eigenvalue weighted by atomic mass is 10.0. The Morgan fingerprint density at radius 3 is 2.69 bits per heavy atom. The van der Waals surface area contributed by atoms with Crippen molar-refractivity contribution in [3.05, 3.63) is 0 Å². The zero-order chi connectivity index (χ0) is 11.0. The highest BCUT2D eigenvalue weighted by molar-refractivity contribution is 4.92. The first-order valence-electron chi connectivity index (χ1n) is 7.06. The Kier molecular flexibility index (Phi) is 3.18. The molecular weight excluding hydrogens is 198 g/mol. The van der Waals surface area contributed by atoms with Gasteiger partial charge < -0.3 is 11.1 Å². The van der Waals surface area contributed by atoms with Gasteiger partial charge >= 0.3 is 0 Å². The normalized spacial score (nSPS) is 40.7. The predicted molar refractivity (Wildman–Crippen MR) is 66.3 cm³/mol. The quantitative estimate of drug-likeness (QED) is 0.745. The van der Waals surface area contributed by atoms with Gasteiger partial charge in [-0.3, -0.25) is 4.90 Å². The van der Waals surface area contributed by atoms with E-state index in [-0.39, 0.29) is 0 Å². The number of nitrogens with two attached hydrogens (primary N) is 1. The summed E-state index contributed by atoms with van der Waals surface area (Å²) >= 11 is 0. The third kappa shape index (κ3) is 2.41. The van der Waals surface area contributed by atoms with Crippen LogP contribution in [0.15, 0.2) is 0 Å². The van der Waals surface area contributed by atoms with Gasteiger partial charge in [-0.25, -0.2) is 0 Å². The summed E-state index contributed by atoms with van der Waals surface area (Å²) in [6.07, 6.45) is 8.16. The van der Waals surface area contributed by atoms with Crippen LogP contribution in [0.3, 0.4) is 0 Å². The SMILES string of the molecule is NC1CCCC1CNC1CCN(C2CC2)C1. The lowest BCUT2D eigenvalue weighted by Gasteiger charge is -2.20. The maximum absolute atomic E-state index is 6.10. The Bertz CT molecular complexity index is 239. The minimum Gasteiger partial charge on any atom is -0.327 e. The molecule has 3 N–H and O–H groups in total. The van der Waals surface area contributed by atoms with E-state index in [1.54, 1.807) is 0 Å². The van der Waals surface area contributed by atoms with E-state index in [1.165, 1.54) is 51.6 Å². The highest BCUT2D eigenvalue weighted by Crippen LogP contribution is 2.30. The molecular formula is C13H25N3. The van der Waals surface area contributed by atoms with E-state index in [0.29, 0.717) is 6.04 Å². The molecule has 3 heteroatoms. The molecule has 16 heavy (non-hydrogen) atoms. The van der Waals surface area contributed by atoms with Crippen molar-refractivity contribution in [1.82, 2.24) is 10.2 Å². The summed E-state index contributed by atoms with van der Waals surface area (Å²) in [5, 5.41) is 3.74. The molecule has 3 aliphatic rings. The molecule has 2 saturated carbocycles. The van der Waals surface area contributed by atoms with Crippen molar-refractivity contribution in [2.75, 3.05) is 19.6 Å². The Balaban J connectivity index is 1.39. The second kappa shape index (κ2) is 4.63. The summed E-state index contributed by atoms with van der Waals surface area (Å²) in [4.78, 5) is 2.67. The maximum atomic E-state index is 6.10. The summed E-state index contributed by atoms with van der Waals surface area (Å²) in [6, 6.07) is 2.15. The van der Waals surface area contributed by atoms with Crippen LogP contribution in [0.4, 0.5) is 0 Å². The van der Waals surface area contributed by atoms with Crippen molar-refractivity contribution in [3.8, 4) is 0 Å². The highest BCUT2D eigenvalue weighted by Gasteiger charge is 2.34. The van der Waals surface area contributed by atoms with E-state index in [2.05, 4.69) is 10.2 Å². The summed E-state index contributed by atoms with van der Waals surface area (Å²) in [6.45, 7) is 3.76. The monoisotopic (exact) mass is 223 g/mol. The van der Waals surface area contributed by atoms with E-state index in [1.807, 2.05) is 0 Å². The van der Waals surface area contributed by atoms with Gasteiger partial charge in [0.25, 0.3) is 0 Å². The second-order valence-electron chi connectivity index (χ2n) is 5.97. The van der Waals surface area contributed by atoms with Gasteiger partial charge in [0.05, 0.1) is 0 Å². The highest BCUT2D eigenvalue weighted by atomic mass is 15.2. The summed E-state index contributed by atoms with van der Waals surface area (Å²) in [5.74, 6) is 0.745. The number of hydrogen-bond acceptors (Lipinski definition) is 3. The third-order valence-electron chi connectivity index (χ3n) is 4.67. The molecule has 1 aliphatic heterocycles. The largest absolute Gasteiger partial charge is 0.327 e. The van der Waals surface area contributed by atoms with E-state index in [4.69, 9.17) is 5.73 Å². The van der Waals surface area contributed by atoms with Crippen LogP contribution in [0, 0.1) is 5.92 Å². The fraction of sp³-hybridized carbons (Fsp3) is 1.00. The number of nitrogens with zero attached hydrogens (tertiary/aromatic N) is 1. The first-order chi connectivity index (χ1) is 7.83. The van der Waals surface area contributed by atoms with Crippen LogP contribution in [-0.2, 0) is 0 Å². The van der Waals surface area contributed by atoms with Crippen molar-refractivity contribution in [2.24, 2.45) is 11.7 Å². The Morgan fingerprint density at radius 2 is 2.00 bits per heavy atom. The van der Waals surface area contributed by atoms with E-state index >= 15 is 0 Å². The Hall–Kier alpha value is -0.120.